The van der Waals surface area contributed by atoms with E-state index in [0.29, 0.717) is 13.2 Å². The van der Waals surface area contributed by atoms with Crippen molar-refractivity contribution in [3.8, 4) is 0 Å². The number of hydrogen-bond donors (Lipinski definition) is 2. The Bertz CT molecular complexity index is 141. The maximum absolute atomic E-state index is 9.51. The van der Waals surface area contributed by atoms with E-state index < -0.39 is 6.10 Å². The molecule has 1 unspecified atom stereocenters. The van der Waals surface area contributed by atoms with Crippen LogP contribution >= 0.6 is 0 Å². The summed E-state index contributed by atoms with van der Waals surface area (Å²) in [6.45, 7) is 12.3. The fraction of sp³-hybridized carbons (Fsp3) is 1.00. The molecule has 0 heterocycles. The molecule has 0 spiro atoms. The summed E-state index contributed by atoms with van der Waals surface area (Å²) in [5.41, 5.74) is 0.263. The SMILES string of the molecule is CC(C)OCC(O)CNCC(C)(C)C. The molecule has 0 rings (SSSR count). The minimum absolute atomic E-state index is 0.187. The van der Waals surface area contributed by atoms with Crippen LogP contribution in [0, 0.1) is 5.41 Å². The highest BCUT2D eigenvalue weighted by molar-refractivity contribution is 4.67. The fourth-order valence-electron chi connectivity index (χ4n) is 0.976. The molecule has 3 nitrogen and oxygen atoms in total. The van der Waals surface area contributed by atoms with Crippen LogP contribution in [0.15, 0.2) is 0 Å². The second kappa shape index (κ2) is 6.38. The molecular weight excluding hydrogens is 178 g/mol. The first-order valence-corrected chi connectivity index (χ1v) is 5.31. The Balaban J connectivity index is 3.40. The second-order valence-corrected chi connectivity index (χ2v) is 5.23. The molecule has 0 amide bonds. The zero-order valence-electron chi connectivity index (χ0n) is 10.1. The van der Waals surface area contributed by atoms with Crippen LogP contribution in [0.2, 0.25) is 0 Å². The van der Waals surface area contributed by atoms with Gasteiger partial charge in [0.15, 0.2) is 0 Å². The molecule has 86 valence electrons. The topological polar surface area (TPSA) is 41.5 Å². The van der Waals surface area contributed by atoms with Crippen LogP contribution in [-0.4, -0.2) is 37.0 Å². The van der Waals surface area contributed by atoms with E-state index in [0.717, 1.165) is 6.54 Å². The number of aliphatic hydroxyl groups excluding tert-OH is 1. The standard InChI is InChI=1S/C11H25NO2/c1-9(2)14-7-10(13)6-12-8-11(3,4)5/h9-10,12-13H,6-8H2,1-5H3. The van der Waals surface area contributed by atoms with E-state index >= 15 is 0 Å². The van der Waals surface area contributed by atoms with Crippen LogP contribution in [0.4, 0.5) is 0 Å². The molecule has 0 bridgehead atoms. The minimum Gasteiger partial charge on any atom is -0.389 e. The van der Waals surface area contributed by atoms with Crippen molar-refractivity contribution in [3.63, 3.8) is 0 Å². The molecule has 1 atom stereocenters. The van der Waals surface area contributed by atoms with E-state index in [4.69, 9.17) is 4.74 Å². The normalized spacial score (nSPS) is 14.8. The Kier molecular flexibility index (Phi) is 6.33. The summed E-state index contributed by atoms with van der Waals surface area (Å²) in [6.07, 6.45) is -0.216. The lowest BCUT2D eigenvalue weighted by atomic mass is 9.97. The van der Waals surface area contributed by atoms with E-state index in [-0.39, 0.29) is 11.5 Å². The molecule has 0 aliphatic rings. The predicted octanol–water partition coefficient (Wildman–Crippen LogP) is 1.41. The zero-order valence-corrected chi connectivity index (χ0v) is 10.1. The molecule has 0 aromatic carbocycles. The van der Waals surface area contributed by atoms with Gasteiger partial charge in [-0.2, -0.15) is 0 Å². The highest BCUT2D eigenvalue weighted by atomic mass is 16.5. The van der Waals surface area contributed by atoms with Crippen molar-refractivity contribution in [2.24, 2.45) is 5.41 Å². The molecule has 0 aliphatic heterocycles. The monoisotopic (exact) mass is 203 g/mol. The van der Waals surface area contributed by atoms with Crippen LogP contribution in [-0.2, 0) is 4.74 Å². The average molecular weight is 203 g/mol. The number of hydrogen-bond acceptors (Lipinski definition) is 3. The van der Waals surface area contributed by atoms with Crippen LogP contribution in [0.25, 0.3) is 0 Å². The minimum atomic E-state index is -0.403. The molecule has 0 radical (unpaired) electrons. The predicted molar refractivity (Wildman–Crippen MR) is 59.4 cm³/mol. The van der Waals surface area contributed by atoms with Gasteiger partial charge in [-0.1, -0.05) is 20.8 Å². The molecular formula is C11H25NO2. The maximum Gasteiger partial charge on any atom is 0.0897 e. The first kappa shape index (κ1) is 13.9. The van der Waals surface area contributed by atoms with Gasteiger partial charge in [-0.15, -0.1) is 0 Å². The third-order valence-electron chi connectivity index (χ3n) is 1.66. The first-order valence-electron chi connectivity index (χ1n) is 5.31. The molecule has 0 aliphatic carbocycles. The van der Waals surface area contributed by atoms with Crippen molar-refractivity contribution in [2.45, 2.75) is 46.8 Å². The molecule has 14 heavy (non-hydrogen) atoms. The lowest BCUT2D eigenvalue weighted by Gasteiger charge is -2.20. The van der Waals surface area contributed by atoms with Crippen molar-refractivity contribution in [1.82, 2.24) is 5.32 Å². The summed E-state index contributed by atoms with van der Waals surface area (Å²) in [5.74, 6) is 0. The molecule has 0 saturated carbocycles. The number of rotatable bonds is 6. The highest BCUT2D eigenvalue weighted by Crippen LogP contribution is 2.09. The number of aliphatic hydroxyl groups is 1. The van der Waals surface area contributed by atoms with E-state index in [9.17, 15) is 5.11 Å². The third kappa shape index (κ3) is 9.96. The van der Waals surface area contributed by atoms with Gasteiger partial charge in [0, 0.05) is 13.1 Å². The largest absolute Gasteiger partial charge is 0.389 e. The van der Waals surface area contributed by atoms with Gasteiger partial charge in [-0.25, -0.2) is 0 Å². The number of ether oxygens (including phenoxy) is 1. The lowest BCUT2D eigenvalue weighted by molar-refractivity contribution is 0.00582. The Hall–Kier alpha value is -0.120. The van der Waals surface area contributed by atoms with Gasteiger partial charge in [-0.05, 0) is 19.3 Å². The van der Waals surface area contributed by atoms with Crippen molar-refractivity contribution in [3.05, 3.63) is 0 Å². The van der Waals surface area contributed by atoms with Gasteiger partial charge in [0.25, 0.3) is 0 Å². The van der Waals surface area contributed by atoms with Crippen molar-refractivity contribution >= 4 is 0 Å². The van der Waals surface area contributed by atoms with E-state index in [1.165, 1.54) is 0 Å². The summed E-state index contributed by atoms with van der Waals surface area (Å²) in [6, 6.07) is 0. The molecule has 2 N–H and O–H groups in total. The maximum atomic E-state index is 9.51. The van der Waals surface area contributed by atoms with Crippen molar-refractivity contribution in [1.29, 1.82) is 0 Å². The molecule has 0 fully saturated rings. The quantitative estimate of drug-likeness (QED) is 0.686. The van der Waals surface area contributed by atoms with Crippen molar-refractivity contribution < 1.29 is 9.84 Å². The second-order valence-electron chi connectivity index (χ2n) is 5.23. The Morgan fingerprint density at radius 1 is 1.29 bits per heavy atom. The van der Waals surface area contributed by atoms with E-state index in [1.807, 2.05) is 13.8 Å². The Morgan fingerprint density at radius 2 is 1.86 bits per heavy atom. The van der Waals surface area contributed by atoms with E-state index in [2.05, 4.69) is 26.1 Å². The van der Waals surface area contributed by atoms with Crippen LogP contribution in [0.5, 0.6) is 0 Å². The fourth-order valence-corrected chi connectivity index (χ4v) is 0.976. The highest BCUT2D eigenvalue weighted by Gasteiger charge is 2.11. The smallest absolute Gasteiger partial charge is 0.0897 e. The van der Waals surface area contributed by atoms with Crippen molar-refractivity contribution in [2.75, 3.05) is 19.7 Å². The lowest BCUT2D eigenvalue weighted by Crippen LogP contribution is -2.35. The van der Waals surface area contributed by atoms with Crippen LogP contribution < -0.4 is 5.32 Å². The van der Waals surface area contributed by atoms with Gasteiger partial charge >= 0.3 is 0 Å². The van der Waals surface area contributed by atoms with Gasteiger partial charge in [0.1, 0.15) is 0 Å². The first-order chi connectivity index (χ1) is 6.31. The van der Waals surface area contributed by atoms with Crippen LogP contribution in [0.3, 0.4) is 0 Å². The molecule has 3 heteroatoms. The van der Waals surface area contributed by atoms with Gasteiger partial charge in [-0.3, -0.25) is 0 Å². The van der Waals surface area contributed by atoms with Gasteiger partial charge in [0.05, 0.1) is 18.8 Å². The van der Waals surface area contributed by atoms with Gasteiger partial charge in [0.2, 0.25) is 0 Å². The zero-order chi connectivity index (χ0) is 11.2. The Morgan fingerprint density at radius 3 is 2.29 bits per heavy atom. The third-order valence-corrected chi connectivity index (χ3v) is 1.66. The van der Waals surface area contributed by atoms with Gasteiger partial charge < -0.3 is 15.2 Å². The molecule has 0 aromatic heterocycles. The number of nitrogens with one attached hydrogen (secondary N) is 1. The van der Waals surface area contributed by atoms with E-state index in [1.54, 1.807) is 0 Å². The average Bonchev–Trinajstić information content (AvgIpc) is 1.98. The molecule has 0 aromatic rings. The van der Waals surface area contributed by atoms with Crippen LogP contribution in [0.1, 0.15) is 34.6 Å². The summed E-state index contributed by atoms with van der Waals surface area (Å²) in [5, 5.41) is 12.7. The summed E-state index contributed by atoms with van der Waals surface area (Å²) in [4.78, 5) is 0. The summed E-state index contributed by atoms with van der Waals surface area (Å²) < 4.78 is 5.30. The summed E-state index contributed by atoms with van der Waals surface area (Å²) >= 11 is 0. The summed E-state index contributed by atoms with van der Waals surface area (Å²) in [7, 11) is 0. The molecule has 0 saturated heterocycles. The Labute approximate surface area is 87.8 Å².